The van der Waals surface area contributed by atoms with Crippen molar-refractivity contribution in [1.29, 1.82) is 0 Å². The van der Waals surface area contributed by atoms with Crippen molar-refractivity contribution in [3.8, 4) is 11.3 Å². The van der Waals surface area contributed by atoms with Gasteiger partial charge in [0.15, 0.2) is 0 Å². The van der Waals surface area contributed by atoms with Gasteiger partial charge in [0.2, 0.25) is 5.91 Å². The number of nitrogens with zero attached hydrogens (tertiary/aromatic N) is 5. The van der Waals surface area contributed by atoms with Crippen LogP contribution in [0, 0.1) is 0 Å². The van der Waals surface area contributed by atoms with Crippen molar-refractivity contribution in [3.05, 3.63) is 72.7 Å². The summed E-state index contributed by atoms with van der Waals surface area (Å²) in [4.78, 5) is 33.0. The number of rotatable bonds is 5. The van der Waals surface area contributed by atoms with Gasteiger partial charge in [-0.05, 0) is 36.6 Å². The third kappa shape index (κ3) is 4.21. The molecule has 0 bridgehead atoms. The Balaban J connectivity index is 1.14. The predicted molar refractivity (Wildman–Crippen MR) is 117 cm³/mol. The summed E-state index contributed by atoms with van der Waals surface area (Å²) >= 11 is 0. The fraction of sp³-hybridized carbons (Fsp3) is 0.333. The number of aromatic nitrogens is 3. The first-order valence-corrected chi connectivity index (χ1v) is 10.9. The lowest BCUT2D eigenvalue weighted by Crippen LogP contribution is -2.47. The molecule has 0 radical (unpaired) electrons. The summed E-state index contributed by atoms with van der Waals surface area (Å²) in [6.45, 7) is 2.01. The molecule has 2 fully saturated rings. The molecule has 2 aliphatic rings. The Hall–Kier alpha value is -3.68. The molecule has 4 heterocycles. The van der Waals surface area contributed by atoms with Crippen LogP contribution in [0.15, 0.2) is 67.1 Å². The maximum absolute atomic E-state index is 12.8. The molecule has 0 saturated carbocycles. The zero-order chi connectivity index (χ0) is 21.9. The molecule has 2 saturated heterocycles. The number of hydrogen-bond acceptors (Lipinski definition) is 5. The van der Waals surface area contributed by atoms with Gasteiger partial charge < -0.3 is 14.5 Å². The van der Waals surface area contributed by atoms with Crippen LogP contribution in [0.3, 0.4) is 0 Å². The van der Waals surface area contributed by atoms with Gasteiger partial charge >= 0.3 is 6.09 Å². The quantitative estimate of drug-likeness (QED) is 0.620. The second-order valence-electron chi connectivity index (χ2n) is 8.19. The van der Waals surface area contributed by atoms with Crippen molar-refractivity contribution in [2.45, 2.75) is 31.5 Å². The van der Waals surface area contributed by atoms with Gasteiger partial charge in [-0.2, -0.15) is 5.10 Å². The summed E-state index contributed by atoms with van der Waals surface area (Å²) < 4.78 is 7.26. The molecule has 2 aliphatic heterocycles. The minimum Gasteiger partial charge on any atom is -0.439 e. The number of benzene rings is 1. The molecule has 32 heavy (non-hydrogen) atoms. The van der Waals surface area contributed by atoms with Gasteiger partial charge in [-0.15, -0.1) is 0 Å². The zero-order valence-corrected chi connectivity index (χ0v) is 17.7. The zero-order valence-electron chi connectivity index (χ0n) is 17.7. The number of likely N-dealkylation sites (tertiary alicyclic amines) is 1. The molecule has 2 aromatic heterocycles. The minimum atomic E-state index is -0.261. The number of carbonyl (C=O) groups excluding carboxylic acids is 2. The van der Waals surface area contributed by atoms with Crippen LogP contribution in [0.2, 0.25) is 0 Å². The molecule has 0 spiro atoms. The third-order valence-electron chi connectivity index (χ3n) is 6.16. The highest BCUT2D eigenvalue weighted by molar-refractivity contribution is 5.76. The standard InChI is InChI=1S/C24H25N5O3/c30-23(17-28-14-10-21(26-28)19-7-4-11-25-15-19)27-12-8-20(9-13-27)29-16-22(32-24(29)31)18-5-2-1-3-6-18/h1-7,10-11,14-15,20,22H,8-9,12-13,16-17H2. The van der Waals surface area contributed by atoms with E-state index >= 15 is 0 Å². The second kappa shape index (κ2) is 8.82. The summed E-state index contributed by atoms with van der Waals surface area (Å²) in [5.74, 6) is 0.0375. The van der Waals surface area contributed by atoms with E-state index in [0.29, 0.717) is 19.6 Å². The van der Waals surface area contributed by atoms with E-state index in [4.69, 9.17) is 4.74 Å². The first-order chi connectivity index (χ1) is 15.7. The molecule has 1 atom stereocenters. The first-order valence-electron chi connectivity index (χ1n) is 10.9. The van der Waals surface area contributed by atoms with E-state index in [0.717, 1.165) is 29.7 Å². The molecular formula is C24H25N5O3. The lowest BCUT2D eigenvalue weighted by atomic mass is 10.0. The maximum Gasteiger partial charge on any atom is 0.410 e. The van der Waals surface area contributed by atoms with Crippen molar-refractivity contribution in [3.63, 3.8) is 0 Å². The lowest BCUT2D eigenvalue weighted by Gasteiger charge is -2.35. The Bertz CT molecular complexity index is 1080. The largest absolute Gasteiger partial charge is 0.439 e. The summed E-state index contributed by atoms with van der Waals surface area (Å²) in [5, 5.41) is 4.50. The molecule has 3 aromatic rings. The molecule has 8 heteroatoms. The Kier molecular flexibility index (Phi) is 5.58. The van der Waals surface area contributed by atoms with Crippen molar-refractivity contribution in [1.82, 2.24) is 24.6 Å². The molecule has 1 aromatic carbocycles. The van der Waals surface area contributed by atoms with E-state index in [1.807, 2.05) is 64.5 Å². The summed E-state index contributed by atoms with van der Waals surface area (Å²) in [7, 11) is 0. The smallest absolute Gasteiger partial charge is 0.410 e. The molecule has 2 amide bonds. The predicted octanol–water partition coefficient (Wildman–Crippen LogP) is 3.13. The van der Waals surface area contributed by atoms with E-state index in [2.05, 4.69) is 10.1 Å². The van der Waals surface area contributed by atoms with Crippen LogP contribution in [0.25, 0.3) is 11.3 Å². The normalized spacial score (nSPS) is 19.2. The van der Waals surface area contributed by atoms with E-state index in [1.54, 1.807) is 17.1 Å². The molecule has 0 aliphatic carbocycles. The van der Waals surface area contributed by atoms with Crippen LogP contribution in [0.5, 0.6) is 0 Å². The van der Waals surface area contributed by atoms with Crippen molar-refractivity contribution in [2.24, 2.45) is 0 Å². The van der Waals surface area contributed by atoms with Crippen LogP contribution in [0.1, 0.15) is 24.5 Å². The van der Waals surface area contributed by atoms with Crippen LogP contribution in [-0.2, 0) is 16.1 Å². The van der Waals surface area contributed by atoms with E-state index in [-0.39, 0.29) is 30.7 Å². The number of ether oxygens (including phenoxy) is 1. The highest BCUT2D eigenvalue weighted by Crippen LogP contribution is 2.30. The van der Waals surface area contributed by atoms with Crippen molar-refractivity contribution < 1.29 is 14.3 Å². The topological polar surface area (TPSA) is 80.6 Å². The number of cyclic esters (lactones) is 1. The van der Waals surface area contributed by atoms with E-state index in [1.165, 1.54) is 0 Å². The molecule has 5 rings (SSSR count). The third-order valence-corrected chi connectivity index (χ3v) is 6.16. The van der Waals surface area contributed by atoms with Crippen LogP contribution >= 0.6 is 0 Å². The molecule has 164 valence electrons. The van der Waals surface area contributed by atoms with Crippen molar-refractivity contribution >= 4 is 12.0 Å². The van der Waals surface area contributed by atoms with Crippen molar-refractivity contribution in [2.75, 3.05) is 19.6 Å². The maximum atomic E-state index is 12.8. The van der Waals surface area contributed by atoms with Gasteiger partial charge in [0.25, 0.3) is 0 Å². The average molecular weight is 431 g/mol. The Morgan fingerprint density at radius 3 is 2.62 bits per heavy atom. The molecular weight excluding hydrogens is 406 g/mol. The highest BCUT2D eigenvalue weighted by Gasteiger charge is 2.38. The number of amides is 2. The first kappa shape index (κ1) is 20.2. The van der Waals surface area contributed by atoms with Gasteiger partial charge in [0.1, 0.15) is 12.6 Å². The summed E-state index contributed by atoms with van der Waals surface area (Å²) in [5.41, 5.74) is 2.73. The second-order valence-corrected chi connectivity index (χ2v) is 8.19. The number of piperidine rings is 1. The van der Waals surface area contributed by atoms with E-state index in [9.17, 15) is 9.59 Å². The fourth-order valence-corrected chi connectivity index (χ4v) is 4.40. The van der Waals surface area contributed by atoms with Gasteiger partial charge in [-0.25, -0.2) is 4.79 Å². The number of hydrogen-bond donors (Lipinski definition) is 0. The lowest BCUT2D eigenvalue weighted by molar-refractivity contribution is -0.133. The van der Waals surface area contributed by atoms with Crippen LogP contribution in [-0.4, -0.2) is 62.2 Å². The number of carbonyl (C=O) groups is 2. The SMILES string of the molecule is O=C(Cn1ccc(-c2cccnc2)n1)N1CCC(N2CC(c3ccccc3)OC2=O)CC1. The Morgan fingerprint density at radius 2 is 1.88 bits per heavy atom. The Labute approximate surface area is 186 Å². The summed E-state index contributed by atoms with van der Waals surface area (Å²) in [6.07, 6.45) is 6.31. The number of pyridine rings is 1. The van der Waals surface area contributed by atoms with Crippen LogP contribution < -0.4 is 0 Å². The van der Waals surface area contributed by atoms with E-state index < -0.39 is 0 Å². The van der Waals surface area contributed by atoms with Crippen LogP contribution in [0.4, 0.5) is 4.79 Å². The molecule has 0 N–H and O–H groups in total. The van der Waals surface area contributed by atoms with Gasteiger partial charge in [-0.3, -0.25) is 14.5 Å². The Morgan fingerprint density at radius 1 is 1.06 bits per heavy atom. The highest BCUT2D eigenvalue weighted by atomic mass is 16.6. The van der Waals surface area contributed by atoms with Gasteiger partial charge in [0, 0.05) is 43.3 Å². The minimum absolute atomic E-state index is 0.0375. The summed E-state index contributed by atoms with van der Waals surface area (Å²) in [6, 6.07) is 15.6. The molecule has 1 unspecified atom stereocenters. The monoisotopic (exact) mass is 431 g/mol. The molecule has 8 nitrogen and oxygen atoms in total. The van der Waals surface area contributed by atoms with Gasteiger partial charge in [-0.1, -0.05) is 30.3 Å². The fourth-order valence-electron chi connectivity index (χ4n) is 4.40. The average Bonchev–Trinajstić information content (AvgIpc) is 3.47. The van der Waals surface area contributed by atoms with Gasteiger partial charge in [0.05, 0.1) is 12.2 Å².